The van der Waals surface area contributed by atoms with E-state index in [4.69, 9.17) is 13.3 Å². The van der Waals surface area contributed by atoms with E-state index in [0.29, 0.717) is 49.2 Å². The van der Waals surface area contributed by atoms with Gasteiger partial charge in [0.1, 0.15) is 56.3 Å². The van der Waals surface area contributed by atoms with Crippen molar-refractivity contribution in [1.29, 1.82) is 0 Å². The van der Waals surface area contributed by atoms with Crippen molar-refractivity contribution in [2.24, 2.45) is 0 Å². The first-order chi connectivity index (χ1) is 29.2. The summed E-state index contributed by atoms with van der Waals surface area (Å²) in [5.74, 6) is -1.82. The van der Waals surface area contributed by atoms with Gasteiger partial charge in [-0.1, -0.05) is 60.7 Å². The van der Waals surface area contributed by atoms with E-state index in [1.807, 2.05) is 66.7 Å². The van der Waals surface area contributed by atoms with Crippen LogP contribution in [0.1, 0.15) is 0 Å². The quantitative estimate of drug-likeness (QED) is 0.128. The number of hydrogen-bond acceptors (Lipinski definition) is 6. The van der Waals surface area contributed by atoms with Gasteiger partial charge in [0.2, 0.25) is 16.3 Å². The molecule has 0 saturated carbocycles. The molecule has 0 radical (unpaired) electrons. The summed E-state index contributed by atoms with van der Waals surface area (Å²) in [5.41, 5.74) is 2.18. The third-order valence-corrected chi connectivity index (χ3v) is 11.6. The maximum atomic E-state index is 15.1. The highest BCUT2D eigenvalue weighted by Gasteiger charge is 2.22. The van der Waals surface area contributed by atoms with E-state index in [1.54, 1.807) is 24.3 Å². The third kappa shape index (κ3) is 4.80. The molecule has 9 heteroatoms. The molecule has 0 aliphatic carbocycles. The first-order valence-corrected chi connectivity index (χ1v) is 19.0. The highest BCUT2D eigenvalue weighted by Crippen LogP contribution is 2.41. The maximum Gasteiger partial charge on any atom is 0.204 e. The van der Waals surface area contributed by atoms with Crippen LogP contribution in [0.2, 0.25) is 0 Å². The SMILES string of the molecule is O=c1c2ccc(F)cc2oc2ccc3ccc(-c4cc5ccc(-c6cc7ccccc7c7c(=O)c8c(F)cccc8oc67)cc5c5c(=O)c6cc(F)ccc6oc45)cc3c12. The molecule has 0 fully saturated rings. The fourth-order valence-electron chi connectivity index (χ4n) is 8.83. The van der Waals surface area contributed by atoms with Gasteiger partial charge in [0.15, 0.2) is 0 Å². The zero-order valence-corrected chi connectivity index (χ0v) is 30.9. The third-order valence-electron chi connectivity index (χ3n) is 11.6. The molecule has 0 amide bonds. The van der Waals surface area contributed by atoms with E-state index in [0.717, 1.165) is 16.8 Å². The van der Waals surface area contributed by atoms with Crippen molar-refractivity contribution in [3.05, 3.63) is 188 Å². The molecule has 12 rings (SSSR count). The first kappa shape index (κ1) is 34.0. The van der Waals surface area contributed by atoms with Crippen molar-refractivity contribution in [1.82, 2.24) is 0 Å². The molecule has 0 unspecified atom stereocenters. The Morgan fingerprint density at radius 2 is 0.950 bits per heavy atom. The van der Waals surface area contributed by atoms with Crippen molar-refractivity contribution >= 4 is 98.1 Å². The average molecular weight is 789 g/mol. The molecule has 0 spiro atoms. The smallest absolute Gasteiger partial charge is 0.204 e. The van der Waals surface area contributed by atoms with E-state index in [9.17, 15) is 23.2 Å². The molecule has 9 aromatic carbocycles. The van der Waals surface area contributed by atoms with Crippen LogP contribution in [0.25, 0.3) is 120 Å². The van der Waals surface area contributed by atoms with Crippen LogP contribution in [0.5, 0.6) is 0 Å². The second-order valence-electron chi connectivity index (χ2n) is 15.0. The minimum Gasteiger partial charge on any atom is -0.456 e. The summed E-state index contributed by atoms with van der Waals surface area (Å²) in [5, 5.41) is 4.66. The van der Waals surface area contributed by atoms with Gasteiger partial charge < -0.3 is 13.3 Å². The summed E-state index contributed by atoms with van der Waals surface area (Å²) in [6, 6.07) is 37.5. The van der Waals surface area contributed by atoms with E-state index in [2.05, 4.69) is 0 Å². The lowest BCUT2D eigenvalue weighted by Crippen LogP contribution is -2.06. The molecule has 0 saturated heterocycles. The minimum atomic E-state index is -0.686. The lowest BCUT2D eigenvalue weighted by Gasteiger charge is -2.15. The maximum absolute atomic E-state index is 15.1. The second kappa shape index (κ2) is 12.2. The van der Waals surface area contributed by atoms with Crippen LogP contribution in [-0.2, 0) is 0 Å². The summed E-state index contributed by atoms with van der Waals surface area (Å²) < 4.78 is 62.9. The molecule has 0 N–H and O–H groups in total. The van der Waals surface area contributed by atoms with Gasteiger partial charge in [-0.05, 0) is 116 Å². The molecule has 60 heavy (non-hydrogen) atoms. The van der Waals surface area contributed by atoms with Gasteiger partial charge in [0.05, 0.1) is 26.9 Å². The lowest BCUT2D eigenvalue weighted by molar-refractivity contribution is 0.615. The number of halogens is 3. The van der Waals surface area contributed by atoms with Gasteiger partial charge in [-0.2, -0.15) is 0 Å². The molecule has 0 atom stereocenters. The standard InChI is InChI=1S/C51H23F3O6/c52-29-14-17-39-37(22-29)48(56)45-34-19-28(35-20-25-4-1-2-5-31(25)44-49(57)46-38(54)6-3-7-40(46)60-50(35)44)11-10-26(34)21-36(51(45)59-39)27-9-8-24-12-16-41-43(33(24)18-27)47(55)32-15-13-30(53)23-42(32)58-41/h1-23H. The first-order valence-electron chi connectivity index (χ1n) is 19.0. The predicted octanol–water partition coefficient (Wildman–Crippen LogP) is 12.7. The Hall–Kier alpha value is -8.04. The number of hydrogen-bond donors (Lipinski definition) is 0. The summed E-state index contributed by atoms with van der Waals surface area (Å²) in [4.78, 5) is 42.7. The fraction of sp³-hybridized carbons (Fsp3) is 0. The zero-order valence-electron chi connectivity index (χ0n) is 30.9. The summed E-state index contributed by atoms with van der Waals surface area (Å²) in [6.07, 6.45) is 0. The van der Waals surface area contributed by atoms with Crippen LogP contribution >= 0.6 is 0 Å². The van der Waals surface area contributed by atoms with Crippen molar-refractivity contribution in [2.75, 3.05) is 0 Å². The van der Waals surface area contributed by atoms with Crippen molar-refractivity contribution in [2.45, 2.75) is 0 Å². The van der Waals surface area contributed by atoms with E-state index >= 15 is 4.39 Å². The fourth-order valence-corrected chi connectivity index (χ4v) is 8.83. The summed E-state index contributed by atoms with van der Waals surface area (Å²) >= 11 is 0. The van der Waals surface area contributed by atoms with Gasteiger partial charge in [-0.25, -0.2) is 13.2 Å². The van der Waals surface area contributed by atoms with Crippen LogP contribution in [0.3, 0.4) is 0 Å². The van der Waals surface area contributed by atoms with Gasteiger partial charge in [0.25, 0.3) is 0 Å². The highest BCUT2D eigenvalue weighted by molar-refractivity contribution is 6.18. The van der Waals surface area contributed by atoms with Crippen molar-refractivity contribution < 1.29 is 26.4 Å². The van der Waals surface area contributed by atoms with Crippen molar-refractivity contribution in [3.63, 3.8) is 0 Å². The minimum absolute atomic E-state index is 0.0485. The van der Waals surface area contributed by atoms with Crippen LogP contribution in [0, 0.1) is 17.5 Å². The average Bonchev–Trinajstić information content (AvgIpc) is 3.25. The lowest BCUT2D eigenvalue weighted by atomic mass is 9.91. The molecule has 0 bridgehead atoms. The van der Waals surface area contributed by atoms with Crippen molar-refractivity contribution in [3.8, 4) is 22.3 Å². The van der Waals surface area contributed by atoms with E-state index < -0.39 is 28.3 Å². The molecular weight excluding hydrogens is 766 g/mol. The molecule has 284 valence electrons. The van der Waals surface area contributed by atoms with Gasteiger partial charge in [0, 0.05) is 17.2 Å². The summed E-state index contributed by atoms with van der Waals surface area (Å²) in [6.45, 7) is 0. The van der Waals surface area contributed by atoms with Gasteiger partial charge >= 0.3 is 0 Å². The summed E-state index contributed by atoms with van der Waals surface area (Å²) in [7, 11) is 0. The Morgan fingerprint density at radius 3 is 1.75 bits per heavy atom. The molecule has 0 aliphatic heterocycles. The van der Waals surface area contributed by atoms with Gasteiger partial charge in [-0.15, -0.1) is 0 Å². The van der Waals surface area contributed by atoms with Crippen LogP contribution in [-0.4, -0.2) is 0 Å². The number of fused-ring (bicyclic) bond motifs is 12. The second-order valence-corrected chi connectivity index (χ2v) is 15.0. The highest BCUT2D eigenvalue weighted by atomic mass is 19.1. The van der Waals surface area contributed by atoms with E-state index in [1.165, 1.54) is 42.5 Å². The van der Waals surface area contributed by atoms with Crippen LogP contribution in [0.4, 0.5) is 13.2 Å². The predicted molar refractivity (Wildman–Crippen MR) is 230 cm³/mol. The Bertz CT molecular complexity index is 4130. The van der Waals surface area contributed by atoms with E-state index in [-0.39, 0.29) is 65.9 Å². The molecule has 3 heterocycles. The van der Waals surface area contributed by atoms with Crippen LogP contribution < -0.4 is 16.3 Å². The number of rotatable bonds is 2. The molecular formula is C51H23F3O6. The monoisotopic (exact) mass is 788 g/mol. The topological polar surface area (TPSA) is 90.6 Å². The number of benzene rings is 9. The Morgan fingerprint density at radius 1 is 0.350 bits per heavy atom. The molecule has 0 aliphatic rings. The Balaban J connectivity index is 1.17. The molecule has 6 nitrogen and oxygen atoms in total. The largest absolute Gasteiger partial charge is 0.456 e. The Kier molecular flexibility index (Phi) is 6.94. The molecule has 3 aromatic heterocycles. The Labute approximate surface area is 333 Å². The normalized spacial score (nSPS) is 12.1. The van der Waals surface area contributed by atoms with Gasteiger partial charge in [-0.3, -0.25) is 14.4 Å². The molecule has 12 aromatic rings. The zero-order chi connectivity index (χ0) is 40.6. The van der Waals surface area contributed by atoms with Crippen LogP contribution in [0.15, 0.2) is 167 Å².